The van der Waals surface area contributed by atoms with E-state index in [-0.39, 0.29) is 5.91 Å². The summed E-state index contributed by atoms with van der Waals surface area (Å²) in [6.07, 6.45) is 2.48. The molecule has 1 aromatic carbocycles. The molecule has 4 heteroatoms. The number of amides is 1. The van der Waals surface area contributed by atoms with Gasteiger partial charge in [0, 0.05) is 10.1 Å². The van der Waals surface area contributed by atoms with Crippen LogP contribution in [0.4, 0.5) is 5.69 Å². The molecule has 0 spiro atoms. The number of anilines is 1. The Balaban J connectivity index is 2.03. The van der Waals surface area contributed by atoms with Gasteiger partial charge >= 0.3 is 0 Å². The molecule has 18 heavy (non-hydrogen) atoms. The first-order valence-corrected chi connectivity index (χ1v) is 7.36. The zero-order chi connectivity index (χ0) is 12.9. The molecule has 1 saturated carbocycles. The molecule has 1 amide bonds. The first kappa shape index (κ1) is 12.3. The van der Waals surface area contributed by atoms with Gasteiger partial charge in [0.15, 0.2) is 5.60 Å². The van der Waals surface area contributed by atoms with Crippen LogP contribution in [0, 0.1) is 9.49 Å². The molecule has 1 aliphatic heterocycles. The van der Waals surface area contributed by atoms with Crippen LogP contribution in [-0.4, -0.2) is 18.1 Å². The third kappa shape index (κ3) is 2.11. The van der Waals surface area contributed by atoms with Crippen LogP contribution in [0.2, 0.25) is 0 Å². The van der Waals surface area contributed by atoms with Crippen molar-refractivity contribution >= 4 is 34.2 Å². The maximum Gasteiger partial charge on any atom is 0.270 e. The van der Waals surface area contributed by atoms with Crippen LogP contribution in [0.1, 0.15) is 26.7 Å². The van der Waals surface area contributed by atoms with E-state index in [1.807, 2.05) is 36.9 Å². The van der Waals surface area contributed by atoms with Gasteiger partial charge in [-0.25, -0.2) is 0 Å². The molecule has 1 heterocycles. The Morgan fingerprint density at radius 3 is 2.83 bits per heavy atom. The molecule has 2 aliphatic rings. The van der Waals surface area contributed by atoms with E-state index in [9.17, 15) is 4.79 Å². The molecule has 1 fully saturated rings. The zero-order valence-electron chi connectivity index (χ0n) is 10.6. The van der Waals surface area contributed by atoms with Crippen molar-refractivity contribution in [2.45, 2.75) is 32.3 Å². The van der Waals surface area contributed by atoms with Crippen LogP contribution >= 0.6 is 22.6 Å². The van der Waals surface area contributed by atoms with E-state index in [2.05, 4.69) is 22.6 Å². The molecular formula is C14H16INO2. The van der Waals surface area contributed by atoms with Gasteiger partial charge in [0.1, 0.15) is 5.75 Å². The predicted molar refractivity (Wildman–Crippen MR) is 78.9 cm³/mol. The van der Waals surface area contributed by atoms with E-state index in [0.717, 1.165) is 21.6 Å². The third-order valence-corrected chi connectivity index (χ3v) is 4.15. The van der Waals surface area contributed by atoms with E-state index in [1.165, 1.54) is 12.8 Å². The molecule has 0 radical (unpaired) electrons. The fourth-order valence-corrected chi connectivity index (χ4v) is 2.75. The Kier molecular flexibility index (Phi) is 2.80. The summed E-state index contributed by atoms with van der Waals surface area (Å²) in [6.45, 7) is 4.52. The van der Waals surface area contributed by atoms with E-state index >= 15 is 0 Å². The lowest BCUT2D eigenvalue weighted by molar-refractivity contribution is -0.132. The van der Waals surface area contributed by atoms with E-state index in [1.54, 1.807) is 0 Å². The fourth-order valence-electron chi connectivity index (χ4n) is 2.29. The minimum atomic E-state index is -0.758. The summed E-state index contributed by atoms with van der Waals surface area (Å²) in [5.74, 6) is 1.57. The summed E-state index contributed by atoms with van der Waals surface area (Å²) >= 11 is 2.26. The third-order valence-electron chi connectivity index (χ3n) is 3.48. The SMILES string of the molecule is CC1(C)Oc2cc(I)ccc2N(CC2CC2)C1=O. The van der Waals surface area contributed by atoms with Crippen molar-refractivity contribution in [2.24, 2.45) is 5.92 Å². The predicted octanol–water partition coefficient (Wildman–Crippen LogP) is 3.21. The van der Waals surface area contributed by atoms with Crippen LogP contribution in [0.3, 0.4) is 0 Å². The quantitative estimate of drug-likeness (QED) is 0.761. The van der Waals surface area contributed by atoms with Gasteiger partial charge in [0.25, 0.3) is 5.91 Å². The minimum absolute atomic E-state index is 0.0723. The van der Waals surface area contributed by atoms with Crippen LogP contribution in [0.25, 0.3) is 0 Å². The molecule has 3 rings (SSSR count). The lowest BCUT2D eigenvalue weighted by Crippen LogP contribution is -2.53. The van der Waals surface area contributed by atoms with Crippen molar-refractivity contribution < 1.29 is 9.53 Å². The molecule has 0 aromatic heterocycles. The molecule has 0 N–H and O–H groups in total. The highest BCUT2D eigenvalue weighted by atomic mass is 127. The lowest BCUT2D eigenvalue weighted by atomic mass is 10.0. The highest BCUT2D eigenvalue weighted by molar-refractivity contribution is 14.1. The normalized spacial score (nSPS) is 21.5. The van der Waals surface area contributed by atoms with Gasteiger partial charge in [-0.15, -0.1) is 0 Å². The van der Waals surface area contributed by atoms with Gasteiger partial charge in [-0.2, -0.15) is 0 Å². The number of ether oxygens (including phenoxy) is 1. The minimum Gasteiger partial charge on any atom is -0.476 e. The molecule has 0 atom stereocenters. The average molecular weight is 357 g/mol. The molecule has 96 valence electrons. The number of carbonyl (C=O) groups is 1. The van der Waals surface area contributed by atoms with Crippen molar-refractivity contribution in [3.05, 3.63) is 21.8 Å². The summed E-state index contributed by atoms with van der Waals surface area (Å²) in [6, 6.07) is 6.02. The highest BCUT2D eigenvalue weighted by Crippen LogP contribution is 2.41. The van der Waals surface area contributed by atoms with Gasteiger partial charge < -0.3 is 9.64 Å². The molecule has 0 saturated heterocycles. The van der Waals surface area contributed by atoms with Crippen LogP contribution in [0.5, 0.6) is 5.75 Å². The molecule has 3 nitrogen and oxygen atoms in total. The van der Waals surface area contributed by atoms with Crippen LogP contribution < -0.4 is 9.64 Å². The van der Waals surface area contributed by atoms with E-state index in [0.29, 0.717) is 5.92 Å². The summed E-state index contributed by atoms with van der Waals surface area (Å²) in [5.41, 5.74) is 0.165. The fraction of sp³-hybridized carbons (Fsp3) is 0.500. The van der Waals surface area contributed by atoms with Crippen molar-refractivity contribution in [2.75, 3.05) is 11.4 Å². The largest absolute Gasteiger partial charge is 0.476 e. The monoisotopic (exact) mass is 357 g/mol. The molecule has 1 aliphatic carbocycles. The first-order chi connectivity index (χ1) is 8.47. The Bertz CT molecular complexity index is 509. The lowest BCUT2D eigenvalue weighted by Gasteiger charge is -2.39. The second-order valence-corrected chi connectivity index (χ2v) is 6.83. The standard InChI is InChI=1S/C14H16INO2/c1-14(2)13(17)16(8-9-3-4-9)11-6-5-10(15)7-12(11)18-14/h5-7,9H,3-4,8H2,1-2H3. The number of halogens is 1. The highest BCUT2D eigenvalue weighted by Gasteiger charge is 2.42. The molecule has 0 bridgehead atoms. The van der Waals surface area contributed by atoms with Gasteiger partial charge in [-0.1, -0.05) is 0 Å². The maximum atomic E-state index is 12.5. The van der Waals surface area contributed by atoms with Crippen molar-refractivity contribution in [3.63, 3.8) is 0 Å². The van der Waals surface area contributed by atoms with Crippen LogP contribution in [-0.2, 0) is 4.79 Å². The number of nitrogens with zero attached hydrogens (tertiary/aromatic N) is 1. The zero-order valence-corrected chi connectivity index (χ0v) is 12.7. The summed E-state index contributed by atoms with van der Waals surface area (Å²) in [4.78, 5) is 14.4. The number of rotatable bonds is 2. The smallest absolute Gasteiger partial charge is 0.270 e. The first-order valence-electron chi connectivity index (χ1n) is 6.28. The van der Waals surface area contributed by atoms with Gasteiger partial charge in [-0.05, 0) is 73.4 Å². The van der Waals surface area contributed by atoms with Gasteiger partial charge in [0.2, 0.25) is 0 Å². The summed E-state index contributed by atoms with van der Waals surface area (Å²) in [7, 11) is 0. The molecule has 1 aromatic rings. The maximum absolute atomic E-state index is 12.5. The topological polar surface area (TPSA) is 29.5 Å². The molecule has 0 unspecified atom stereocenters. The summed E-state index contributed by atoms with van der Waals surface area (Å²) in [5, 5.41) is 0. The Morgan fingerprint density at radius 2 is 2.17 bits per heavy atom. The van der Waals surface area contributed by atoms with E-state index < -0.39 is 5.60 Å². The Morgan fingerprint density at radius 1 is 1.44 bits per heavy atom. The number of benzene rings is 1. The number of hydrogen-bond acceptors (Lipinski definition) is 2. The number of hydrogen-bond donors (Lipinski definition) is 0. The van der Waals surface area contributed by atoms with Gasteiger partial charge in [-0.3, -0.25) is 4.79 Å². The summed E-state index contributed by atoms with van der Waals surface area (Å²) < 4.78 is 6.98. The van der Waals surface area contributed by atoms with Crippen molar-refractivity contribution in [1.29, 1.82) is 0 Å². The number of fused-ring (bicyclic) bond motifs is 1. The Labute approximate surface area is 121 Å². The molecular weight excluding hydrogens is 341 g/mol. The van der Waals surface area contributed by atoms with E-state index in [4.69, 9.17) is 4.74 Å². The van der Waals surface area contributed by atoms with Crippen molar-refractivity contribution in [3.8, 4) is 5.75 Å². The second-order valence-electron chi connectivity index (χ2n) is 5.58. The van der Waals surface area contributed by atoms with Crippen molar-refractivity contribution in [1.82, 2.24) is 0 Å². The van der Waals surface area contributed by atoms with Gasteiger partial charge in [0.05, 0.1) is 5.69 Å². The number of carbonyl (C=O) groups excluding carboxylic acids is 1. The Hall–Kier alpha value is -0.780. The van der Waals surface area contributed by atoms with Crippen LogP contribution in [0.15, 0.2) is 18.2 Å². The second kappa shape index (κ2) is 4.11. The average Bonchev–Trinajstić information content (AvgIpc) is 3.08.